The van der Waals surface area contributed by atoms with Gasteiger partial charge in [0.15, 0.2) is 0 Å². The van der Waals surface area contributed by atoms with E-state index in [0.29, 0.717) is 6.54 Å². The molecule has 2 nitrogen and oxygen atoms in total. The molecular formula is C7H13BrFNO. The van der Waals surface area contributed by atoms with Crippen LogP contribution in [0.2, 0.25) is 0 Å². The fourth-order valence-corrected chi connectivity index (χ4v) is 1.59. The van der Waals surface area contributed by atoms with Gasteiger partial charge in [-0.05, 0) is 0 Å². The summed E-state index contributed by atoms with van der Waals surface area (Å²) < 4.78 is 17.3. The normalized spacial score (nSPS) is 27.3. The molecule has 1 unspecified atom stereocenters. The molecule has 1 heterocycles. The first-order valence-electron chi connectivity index (χ1n) is 3.82. The lowest BCUT2D eigenvalue weighted by molar-refractivity contribution is -0.0165. The van der Waals surface area contributed by atoms with Crippen molar-refractivity contribution in [3.63, 3.8) is 0 Å². The Hall–Kier alpha value is 0.330. The highest BCUT2D eigenvalue weighted by Crippen LogP contribution is 2.06. The van der Waals surface area contributed by atoms with Crippen molar-refractivity contribution in [2.45, 2.75) is 6.10 Å². The van der Waals surface area contributed by atoms with Gasteiger partial charge < -0.3 is 4.74 Å². The van der Waals surface area contributed by atoms with Crippen LogP contribution in [0.15, 0.2) is 0 Å². The van der Waals surface area contributed by atoms with Crippen molar-refractivity contribution in [1.82, 2.24) is 4.90 Å². The average molecular weight is 226 g/mol. The van der Waals surface area contributed by atoms with Crippen molar-refractivity contribution in [3.8, 4) is 0 Å². The molecule has 0 aliphatic carbocycles. The zero-order valence-corrected chi connectivity index (χ0v) is 8.02. The second kappa shape index (κ2) is 5.06. The molecule has 1 fully saturated rings. The van der Waals surface area contributed by atoms with Crippen LogP contribution in [-0.4, -0.2) is 49.2 Å². The summed E-state index contributed by atoms with van der Waals surface area (Å²) in [6, 6.07) is 0. The van der Waals surface area contributed by atoms with Crippen LogP contribution in [0.3, 0.4) is 0 Å². The Labute approximate surface area is 74.8 Å². The summed E-state index contributed by atoms with van der Waals surface area (Å²) in [6.07, 6.45) is 0.246. The Morgan fingerprint density at radius 2 is 2.45 bits per heavy atom. The topological polar surface area (TPSA) is 12.5 Å². The Balaban J connectivity index is 2.21. The molecule has 0 bridgehead atoms. The zero-order valence-electron chi connectivity index (χ0n) is 6.43. The van der Waals surface area contributed by atoms with E-state index in [-0.39, 0.29) is 12.8 Å². The van der Waals surface area contributed by atoms with E-state index in [4.69, 9.17) is 4.74 Å². The summed E-state index contributed by atoms with van der Waals surface area (Å²) in [5.74, 6) is 0. The van der Waals surface area contributed by atoms with E-state index >= 15 is 0 Å². The van der Waals surface area contributed by atoms with Crippen molar-refractivity contribution < 1.29 is 9.13 Å². The predicted molar refractivity (Wildman–Crippen MR) is 45.9 cm³/mol. The molecule has 1 atom stereocenters. The van der Waals surface area contributed by atoms with Gasteiger partial charge in [-0.15, -0.1) is 0 Å². The molecule has 0 aromatic heterocycles. The van der Waals surface area contributed by atoms with E-state index in [0.717, 1.165) is 25.0 Å². The molecule has 1 saturated heterocycles. The number of halogens is 2. The molecule has 0 spiro atoms. The quantitative estimate of drug-likeness (QED) is 0.667. The van der Waals surface area contributed by atoms with Gasteiger partial charge in [0.25, 0.3) is 0 Å². The number of hydrogen-bond acceptors (Lipinski definition) is 2. The van der Waals surface area contributed by atoms with Crippen LogP contribution in [0, 0.1) is 0 Å². The van der Waals surface area contributed by atoms with E-state index in [2.05, 4.69) is 20.8 Å². The van der Waals surface area contributed by atoms with Crippen molar-refractivity contribution >= 4 is 15.9 Å². The number of alkyl halides is 2. The highest BCUT2D eigenvalue weighted by molar-refractivity contribution is 9.09. The standard InChI is InChI=1S/C7H13BrFNO/c8-5-7-6-10(2-1-9)3-4-11-7/h7H,1-6H2. The van der Waals surface area contributed by atoms with Crippen LogP contribution >= 0.6 is 15.9 Å². The van der Waals surface area contributed by atoms with Gasteiger partial charge in [0.05, 0.1) is 12.7 Å². The van der Waals surface area contributed by atoms with Crippen LogP contribution in [0.4, 0.5) is 4.39 Å². The SMILES string of the molecule is FCCN1CCOC(CBr)C1. The summed E-state index contributed by atoms with van der Waals surface area (Å²) in [4.78, 5) is 2.09. The van der Waals surface area contributed by atoms with Crippen molar-refractivity contribution in [2.24, 2.45) is 0 Å². The Kier molecular flexibility index (Phi) is 4.33. The first kappa shape index (κ1) is 9.42. The van der Waals surface area contributed by atoms with Crippen LogP contribution in [0.25, 0.3) is 0 Å². The van der Waals surface area contributed by atoms with Crippen molar-refractivity contribution in [2.75, 3.05) is 38.2 Å². The molecule has 0 aromatic carbocycles. The van der Waals surface area contributed by atoms with Crippen LogP contribution in [0.5, 0.6) is 0 Å². The predicted octanol–water partition coefficient (Wildman–Crippen LogP) is 1.05. The summed E-state index contributed by atoms with van der Waals surface area (Å²) in [5.41, 5.74) is 0. The molecule has 1 rings (SSSR count). The van der Waals surface area contributed by atoms with Crippen LogP contribution in [-0.2, 0) is 4.74 Å². The molecule has 0 saturated carbocycles. The minimum atomic E-state index is -0.255. The maximum atomic E-state index is 11.9. The second-order valence-corrected chi connectivity index (χ2v) is 3.28. The van der Waals surface area contributed by atoms with Gasteiger partial charge in [-0.25, -0.2) is 4.39 Å². The van der Waals surface area contributed by atoms with Crippen LogP contribution in [0.1, 0.15) is 0 Å². The van der Waals surface area contributed by atoms with E-state index < -0.39 is 0 Å². The second-order valence-electron chi connectivity index (χ2n) is 2.64. The lowest BCUT2D eigenvalue weighted by Gasteiger charge is -2.31. The van der Waals surface area contributed by atoms with E-state index in [1.807, 2.05) is 0 Å². The third-order valence-electron chi connectivity index (χ3n) is 1.80. The van der Waals surface area contributed by atoms with Gasteiger partial charge in [0, 0.05) is 25.0 Å². The summed E-state index contributed by atoms with van der Waals surface area (Å²) >= 11 is 3.34. The molecule has 0 radical (unpaired) electrons. The van der Waals surface area contributed by atoms with Gasteiger partial charge in [-0.2, -0.15) is 0 Å². The maximum absolute atomic E-state index is 11.9. The Morgan fingerprint density at radius 1 is 1.64 bits per heavy atom. The van der Waals surface area contributed by atoms with Gasteiger partial charge >= 0.3 is 0 Å². The molecule has 0 N–H and O–H groups in total. The third kappa shape index (κ3) is 3.05. The van der Waals surface area contributed by atoms with Crippen LogP contribution < -0.4 is 0 Å². The van der Waals surface area contributed by atoms with Gasteiger partial charge in [-0.3, -0.25) is 4.90 Å². The number of rotatable bonds is 3. The Bertz CT molecular complexity index is 113. The molecule has 66 valence electrons. The summed E-state index contributed by atoms with van der Waals surface area (Å²) in [7, 11) is 0. The van der Waals surface area contributed by atoms with Crippen molar-refractivity contribution in [3.05, 3.63) is 0 Å². The lowest BCUT2D eigenvalue weighted by Crippen LogP contribution is -2.43. The molecule has 0 amide bonds. The molecular weight excluding hydrogens is 213 g/mol. The lowest BCUT2D eigenvalue weighted by atomic mass is 10.3. The highest BCUT2D eigenvalue weighted by atomic mass is 79.9. The molecule has 11 heavy (non-hydrogen) atoms. The van der Waals surface area contributed by atoms with E-state index in [9.17, 15) is 4.39 Å². The van der Waals surface area contributed by atoms with Gasteiger partial charge in [0.1, 0.15) is 6.67 Å². The Morgan fingerprint density at radius 3 is 3.09 bits per heavy atom. The van der Waals surface area contributed by atoms with Gasteiger partial charge in [-0.1, -0.05) is 15.9 Å². The molecule has 1 aliphatic rings. The fraction of sp³-hybridized carbons (Fsp3) is 1.00. The number of nitrogens with zero attached hydrogens (tertiary/aromatic N) is 1. The average Bonchev–Trinajstić information content (AvgIpc) is 2.06. The molecule has 1 aliphatic heterocycles. The largest absolute Gasteiger partial charge is 0.375 e. The minimum absolute atomic E-state index is 0.246. The summed E-state index contributed by atoms with van der Waals surface area (Å²) in [6.45, 7) is 2.75. The van der Waals surface area contributed by atoms with E-state index in [1.165, 1.54) is 0 Å². The smallest absolute Gasteiger partial charge is 0.102 e. The van der Waals surface area contributed by atoms with Crippen molar-refractivity contribution in [1.29, 1.82) is 0 Å². The first-order chi connectivity index (χ1) is 5.36. The highest BCUT2D eigenvalue weighted by Gasteiger charge is 2.18. The number of ether oxygens (including phenoxy) is 1. The monoisotopic (exact) mass is 225 g/mol. The zero-order chi connectivity index (χ0) is 8.10. The minimum Gasteiger partial charge on any atom is -0.375 e. The maximum Gasteiger partial charge on any atom is 0.102 e. The van der Waals surface area contributed by atoms with Gasteiger partial charge in [0.2, 0.25) is 0 Å². The summed E-state index contributed by atoms with van der Waals surface area (Å²) in [5, 5.41) is 0.843. The fourth-order valence-electron chi connectivity index (χ4n) is 1.20. The van der Waals surface area contributed by atoms with E-state index in [1.54, 1.807) is 0 Å². The third-order valence-corrected chi connectivity index (χ3v) is 2.52. The first-order valence-corrected chi connectivity index (χ1v) is 4.95. The molecule has 4 heteroatoms. The number of hydrogen-bond donors (Lipinski definition) is 0. The molecule has 0 aromatic rings. The number of morpholine rings is 1.